The Morgan fingerprint density at radius 1 is 0.586 bits per heavy atom. The van der Waals surface area contributed by atoms with E-state index in [0.29, 0.717) is 12.8 Å². The van der Waals surface area contributed by atoms with Crippen molar-refractivity contribution in [1.29, 1.82) is 0 Å². The summed E-state index contributed by atoms with van der Waals surface area (Å²) in [6.07, 6.45) is 22.0. The molecule has 2 atom stereocenters. The van der Waals surface area contributed by atoms with Gasteiger partial charge in [0.15, 0.2) is 0 Å². The van der Waals surface area contributed by atoms with Gasteiger partial charge < -0.3 is 5.11 Å². The van der Waals surface area contributed by atoms with Crippen molar-refractivity contribution >= 4 is 10.1 Å². The molecule has 176 valence electrons. The van der Waals surface area contributed by atoms with Crippen molar-refractivity contribution in [2.24, 2.45) is 0 Å². The van der Waals surface area contributed by atoms with Crippen LogP contribution >= 0.6 is 0 Å². The van der Waals surface area contributed by atoms with Crippen LogP contribution in [0.2, 0.25) is 0 Å². The molecule has 0 radical (unpaired) electrons. The first-order valence-electron chi connectivity index (χ1n) is 12.5. The molecule has 5 heteroatoms. The standard InChI is InChI=1S/C24H50O4S/c1-3-4-5-6-7-8-9-10-11-15-18-21-24(29(26,27)28)22-19-16-13-12-14-17-20-23(2)25/h23-25H,3-22H2,1-2H3,(H,26,27,28). The van der Waals surface area contributed by atoms with Gasteiger partial charge in [0.2, 0.25) is 0 Å². The molecular weight excluding hydrogens is 384 g/mol. The second-order valence-electron chi connectivity index (χ2n) is 9.01. The first kappa shape index (κ1) is 28.9. The molecule has 2 unspecified atom stereocenters. The molecule has 0 fully saturated rings. The molecule has 0 amide bonds. The van der Waals surface area contributed by atoms with Crippen molar-refractivity contribution in [3.63, 3.8) is 0 Å². The lowest BCUT2D eigenvalue weighted by Crippen LogP contribution is -2.20. The predicted octanol–water partition coefficient (Wildman–Crippen LogP) is 7.45. The Morgan fingerprint density at radius 2 is 0.897 bits per heavy atom. The minimum atomic E-state index is -3.92. The highest BCUT2D eigenvalue weighted by Gasteiger charge is 2.21. The molecule has 0 aromatic carbocycles. The van der Waals surface area contributed by atoms with E-state index in [2.05, 4.69) is 6.92 Å². The van der Waals surface area contributed by atoms with Gasteiger partial charge in [-0.2, -0.15) is 8.42 Å². The summed E-state index contributed by atoms with van der Waals surface area (Å²) in [7, 11) is -3.92. The first-order chi connectivity index (χ1) is 13.9. The number of aliphatic hydroxyl groups is 1. The van der Waals surface area contributed by atoms with Gasteiger partial charge in [-0.1, -0.05) is 116 Å². The highest BCUT2D eigenvalue weighted by molar-refractivity contribution is 7.86. The van der Waals surface area contributed by atoms with Crippen molar-refractivity contribution in [2.75, 3.05) is 0 Å². The van der Waals surface area contributed by atoms with Gasteiger partial charge in [0.05, 0.1) is 11.4 Å². The average Bonchev–Trinajstić information content (AvgIpc) is 2.65. The summed E-state index contributed by atoms with van der Waals surface area (Å²) in [6.45, 7) is 4.07. The Labute approximate surface area is 182 Å². The van der Waals surface area contributed by atoms with Gasteiger partial charge in [-0.25, -0.2) is 0 Å². The molecule has 0 aromatic rings. The summed E-state index contributed by atoms with van der Waals surface area (Å²) >= 11 is 0. The van der Waals surface area contributed by atoms with Crippen LogP contribution in [0.15, 0.2) is 0 Å². The van der Waals surface area contributed by atoms with Crippen LogP contribution in [0.1, 0.15) is 142 Å². The van der Waals surface area contributed by atoms with Crippen LogP contribution in [-0.2, 0) is 10.1 Å². The van der Waals surface area contributed by atoms with E-state index in [1.807, 2.05) is 6.92 Å². The monoisotopic (exact) mass is 434 g/mol. The average molecular weight is 435 g/mol. The third-order valence-electron chi connectivity index (χ3n) is 5.95. The fourth-order valence-electron chi connectivity index (χ4n) is 4.00. The van der Waals surface area contributed by atoms with E-state index < -0.39 is 15.4 Å². The number of aliphatic hydroxyl groups excluding tert-OH is 1. The molecular formula is C24H50O4S. The molecule has 0 rings (SSSR count). The van der Waals surface area contributed by atoms with Crippen molar-refractivity contribution < 1.29 is 18.1 Å². The Morgan fingerprint density at radius 3 is 1.21 bits per heavy atom. The van der Waals surface area contributed by atoms with Crippen molar-refractivity contribution in [1.82, 2.24) is 0 Å². The predicted molar refractivity (Wildman–Crippen MR) is 125 cm³/mol. The van der Waals surface area contributed by atoms with Gasteiger partial charge in [-0.15, -0.1) is 0 Å². The van der Waals surface area contributed by atoms with E-state index in [1.165, 1.54) is 57.8 Å². The van der Waals surface area contributed by atoms with Crippen LogP contribution in [0.5, 0.6) is 0 Å². The molecule has 29 heavy (non-hydrogen) atoms. The van der Waals surface area contributed by atoms with Gasteiger partial charge >= 0.3 is 0 Å². The quantitative estimate of drug-likeness (QED) is 0.137. The van der Waals surface area contributed by atoms with Crippen LogP contribution in [0.3, 0.4) is 0 Å². The highest BCUT2D eigenvalue weighted by Crippen LogP contribution is 2.19. The number of unbranched alkanes of at least 4 members (excludes halogenated alkanes) is 15. The first-order valence-corrected chi connectivity index (χ1v) is 14.0. The molecule has 0 saturated heterocycles. The van der Waals surface area contributed by atoms with E-state index in [4.69, 9.17) is 0 Å². The Kier molecular flexibility index (Phi) is 19.7. The van der Waals surface area contributed by atoms with E-state index in [9.17, 15) is 18.1 Å². The summed E-state index contributed by atoms with van der Waals surface area (Å²) in [5, 5.41) is 8.66. The van der Waals surface area contributed by atoms with E-state index in [0.717, 1.165) is 57.8 Å². The lowest BCUT2D eigenvalue weighted by atomic mass is 10.0. The topological polar surface area (TPSA) is 74.6 Å². The largest absolute Gasteiger partial charge is 0.393 e. The summed E-state index contributed by atoms with van der Waals surface area (Å²) < 4.78 is 32.8. The second kappa shape index (κ2) is 19.8. The fraction of sp³-hybridized carbons (Fsp3) is 1.00. The molecule has 0 bridgehead atoms. The molecule has 0 spiro atoms. The van der Waals surface area contributed by atoms with E-state index in [-0.39, 0.29) is 6.10 Å². The molecule has 0 aliphatic rings. The molecule has 0 saturated carbocycles. The maximum atomic E-state index is 11.6. The minimum absolute atomic E-state index is 0.207. The normalized spacial score (nSPS) is 14.2. The second-order valence-corrected chi connectivity index (χ2v) is 10.7. The van der Waals surface area contributed by atoms with Crippen molar-refractivity contribution in [3.05, 3.63) is 0 Å². The SMILES string of the molecule is CCCCCCCCCCCCCC(CCCCCCCCC(C)O)S(=O)(=O)O. The fourth-order valence-corrected chi connectivity index (χ4v) is 4.93. The lowest BCUT2D eigenvalue weighted by Gasteiger charge is -2.13. The van der Waals surface area contributed by atoms with E-state index >= 15 is 0 Å². The smallest absolute Gasteiger partial charge is 0.267 e. The van der Waals surface area contributed by atoms with Crippen LogP contribution in [0, 0.1) is 0 Å². The Hall–Kier alpha value is -0.130. The van der Waals surface area contributed by atoms with Crippen LogP contribution < -0.4 is 0 Å². The maximum Gasteiger partial charge on any atom is 0.267 e. The zero-order chi connectivity index (χ0) is 21.8. The Balaban J connectivity index is 3.65. The van der Waals surface area contributed by atoms with Gasteiger partial charge in [0.25, 0.3) is 10.1 Å². The van der Waals surface area contributed by atoms with Crippen LogP contribution in [0.25, 0.3) is 0 Å². The maximum absolute atomic E-state index is 11.6. The highest BCUT2D eigenvalue weighted by atomic mass is 32.2. The molecule has 0 aromatic heterocycles. The van der Waals surface area contributed by atoms with Crippen molar-refractivity contribution in [2.45, 2.75) is 154 Å². The summed E-state index contributed by atoms with van der Waals surface area (Å²) in [6, 6.07) is 0. The summed E-state index contributed by atoms with van der Waals surface area (Å²) in [4.78, 5) is 0. The van der Waals surface area contributed by atoms with Gasteiger partial charge in [-0.3, -0.25) is 4.55 Å². The summed E-state index contributed by atoms with van der Waals surface area (Å²) in [5.74, 6) is 0. The van der Waals surface area contributed by atoms with Crippen molar-refractivity contribution in [3.8, 4) is 0 Å². The number of rotatable bonds is 22. The zero-order valence-corrected chi connectivity index (χ0v) is 20.2. The number of hydrogen-bond donors (Lipinski definition) is 2. The molecule has 0 aliphatic carbocycles. The van der Waals surface area contributed by atoms with Crippen LogP contribution in [0.4, 0.5) is 0 Å². The summed E-state index contributed by atoms with van der Waals surface area (Å²) in [5.41, 5.74) is 0. The third-order valence-corrected chi connectivity index (χ3v) is 7.26. The van der Waals surface area contributed by atoms with Crippen LogP contribution in [-0.4, -0.2) is 29.4 Å². The number of hydrogen-bond acceptors (Lipinski definition) is 3. The molecule has 2 N–H and O–H groups in total. The lowest BCUT2D eigenvalue weighted by molar-refractivity contribution is 0.180. The Bertz CT molecular complexity index is 434. The minimum Gasteiger partial charge on any atom is -0.393 e. The molecule has 0 aliphatic heterocycles. The molecule has 0 heterocycles. The third kappa shape index (κ3) is 20.9. The zero-order valence-electron chi connectivity index (χ0n) is 19.4. The van der Waals surface area contributed by atoms with Gasteiger partial charge in [0.1, 0.15) is 0 Å². The molecule has 4 nitrogen and oxygen atoms in total. The van der Waals surface area contributed by atoms with Gasteiger partial charge in [-0.05, 0) is 26.2 Å². The van der Waals surface area contributed by atoms with E-state index in [1.54, 1.807) is 0 Å². The van der Waals surface area contributed by atoms with Gasteiger partial charge in [0, 0.05) is 0 Å².